The largest absolute Gasteiger partial charge is 0.512 e. The quantitative estimate of drug-likeness (QED) is 0.269. The Labute approximate surface area is 197 Å². The summed E-state index contributed by atoms with van der Waals surface area (Å²) in [4.78, 5) is 9.66. The standard InChI is InChI=1S/3C7H5N.3CN.Ir/c3*1-8-7-5-3-2-4-6-7;3*1-2;/h3*2-6H;;;;/q;;;3*-1;. The maximum atomic E-state index is 6.57. The maximum Gasteiger partial charge on any atom is 0.187 e. The van der Waals surface area contributed by atoms with Gasteiger partial charge in [-0.25, -0.2) is 14.5 Å². The first-order valence-electron chi connectivity index (χ1n) is 7.74. The number of hydrogen-bond acceptors (Lipinski definition) is 3. The van der Waals surface area contributed by atoms with Gasteiger partial charge in [-0.05, 0) is 0 Å². The van der Waals surface area contributed by atoms with Crippen LogP contribution in [0, 0.1) is 55.2 Å². The molecule has 0 aliphatic rings. The number of para-hydroxylation sites is 3. The van der Waals surface area contributed by atoms with E-state index in [-0.39, 0.29) is 20.1 Å². The number of benzene rings is 3. The van der Waals surface area contributed by atoms with E-state index in [0.29, 0.717) is 17.1 Å². The predicted octanol–water partition coefficient (Wildman–Crippen LogP) is 7.00. The van der Waals surface area contributed by atoms with E-state index in [1.54, 1.807) is 36.4 Å². The summed E-state index contributed by atoms with van der Waals surface area (Å²) in [7, 11) is 0. The van der Waals surface area contributed by atoms with Crippen molar-refractivity contribution in [2.75, 3.05) is 0 Å². The molecule has 0 bridgehead atoms. The van der Waals surface area contributed by atoms with Crippen LogP contribution in [0.1, 0.15) is 0 Å². The van der Waals surface area contributed by atoms with Crippen LogP contribution in [-0.2, 0) is 20.1 Å². The second-order valence-electron chi connectivity index (χ2n) is 4.34. The number of rotatable bonds is 0. The van der Waals surface area contributed by atoms with E-state index in [4.69, 9.17) is 55.2 Å². The van der Waals surface area contributed by atoms with Crippen molar-refractivity contribution in [3.63, 3.8) is 0 Å². The van der Waals surface area contributed by atoms with Crippen LogP contribution in [0.4, 0.5) is 17.1 Å². The molecule has 0 fully saturated rings. The fourth-order valence-corrected chi connectivity index (χ4v) is 1.51. The molecular weight excluding hydrogens is 565 g/mol. The van der Waals surface area contributed by atoms with Crippen LogP contribution in [0.5, 0.6) is 0 Å². The Balaban J connectivity index is -0.000000155. The molecule has 7 heteroatoms. The summed E-state index contributed by atoms with van der Waals surface area (Å²) in [5.74, 6) is 0. The number of nitrogens with zero attached hydrogens (tertiary/aromatic N) is 6. The van der Waals surface area contributed by atoms with Crippen LogP contribution < -0.4 is 0 Å². The minimum atomic E-state index is 0. The summed E-state index contributed by atoms with van der Waals surface area (Å²) in [5.41, 5.74) is 2.10. The molecule has 0 spiro atoms. The van der Waals surface area contributed by atoms with Crippen molar-refractivity contribution in [2.24, 2.45) is 0 Å². The monoisotopic (exact) mass is 580 g/mol. The molecule has 3 aromatic carbocycles. The van der Waals surface area contributed by atoms with E-state index in [0.717, 1.165) is 0 Å². The van der Waals surface area contributed by atoms with Gasteiger partial charge in [0.15, 0.2) is 17.1 Å². The van der Waals surface area contributed by atoms with Crippen molar-refractivity contribution in [1.82, 2.24) is 0 Å². The second-order valence-corrected chi connectivity index (χ2v) is 4.34. The van der Waals surface area contributed by atoms with Crippen molar-refractivity contribution < 1.29 is 20.1 Å². The summed E-state index contributed by atoms with van der Waals surface area (Å²) >= 11 is 0. The molecule has 0 saturated heterocycles. The molecule has 6 nitrogen and oxygen atoms in total. The van der Waals surface area contributed by atoms with Crippen molar-refractivity contribution in [3.05, 3.63) is 145 Å². The zero-order chi connectivity index (χ0) is 23.5. The topological polar surface area (TPSA) is 84.5 Å². The summed E-state index contributed by atoms with van der Waals surface area (Å²) in [6.45, 7) is 34.0. The third-order valence-electron chi connectivity index (χ3n) is 2.66. The normalized spacial score (nSPS) is 6.29. The summed E-state index contributed by atoms with van der Waals surface area (Å²) in [5, 5.41) is 18.8. The Morgan fingerprint density at radius 1 is 0.387 bits per heavy atom. The molecule has 0 amide bonds. The summed E-state index contributed by atoms with van der Waals surface area (Å²) in [6.07, 6.45) is 0. The molecule has 3 rings (SSSR count). The SMILES string of the molecule is [C-]#N.[C-]#N.[C-]#N.[C-]#[N+]c1ccccc1.[C-]#[N+]c1ccccc1.[C-]#[N+]c1ccccc1.[Ir]. The molecule has 3 aromatic rings. The van der Waals surface area contributed by atoms with Gasteiger partial charge in [-0.15, -0.1) is 0 Å². The van der Waals surface area contributed by atoms with E-state index in [1.165, 1.54) is 0 Å². The fourth-order valence-electron chi connectivity index (χ4n) is 1.51. The van der Waals surface area contributed by atoms with Crippen LogP contribution in [0.3, 0.4) is 0 Å². The second kappa shape index (κ2) is 30.0. The van der Waals surface area contributed by atoms with Gasteiger partial charge in [-0.3, -0.25) is 0 Å². The van der Waals surface area contributed by atoms with Gasteiger partial charge >= 0.3 is 0 Å². The minimum Gasteiger partial charge on any atom is -0.512 e. The van der Waals surface area contributed by atoms with E-state index in [2.05, 4.69) is 14.5 Å². The summed E-state index contributed by atoms with van der Waals surface area (Å²) in [6, 6.07) is 27.5. The van der Waals surface area contributed by atoms with Crippen molar-refractivity contribution in [1.29, 1.82) is 15.8 Å². The molecule has 0 unspecified atom stereocenters. The van der Waals surface area contributed by atoms with E-state index in [1.807, 2.05) is 54.6 Å². The molecule has 0 heterocycles. The third kappa shape index (κ3) is 21.4. The van der Waals surface area contributed by atoms with Gasteiger partial charge in [-0.2, -0.15) is 0 Å². The summed E-state index contributed by atoms with van der Waals surface area (Å²) < 4.78 is 0. The first kappa shape index (κ1) is 33.8. The predicted molar refractivity (Wildman–Crippen MR) is 113 cm³/mol. The van der Waals surface area contributed by atoms with E-state index < -0.39 is 0 Å². The fraction of sp³-hybridized carbons (Fsp3) is 0. The van der Waals surface area contributed by atoms with Crippen molar-refractivity contribution in [2.45, 2.75) is 0 Å². The van der Waals surface area contributed by atoms with E-state index in [9.17, 15) is 0 Å². The maximum absolute atomic E-state index is 6.57. The molecular formula is C24H15IrN6-3. The van der Waals surface area contributed by atoms with Crippen LogP contribution in [0.15, 0.2) is 91.0 Å². The Morgan fingerprint density at radius 2 is 0.548 bits per heavy atom. The van der Waals surface area contributed by atoms with Crippen LogP contribution in [0.2, 0.25) is 0 Å². The third-order valence-corrected chi connectivity index (χ3v) is 2.66. The van der Waals surface area contributed by atoms with Crippen molar-refractivity contribution in [3.8, 4) is 0 Å². The molecule has 153 valence electrons. The molecule has 0 N–H and O–H groups in total. The van der Waals surface area contributed by atoms with Gasteiger partial charge in [0.05, 0.1) is 19.7 Å². The van der Waals surface area contributed by atoms with Gasteiger partial charge in [0.2, 0.25) is 0 Å². The Hall–Kier alpha value is -4.75. The van der Waals surface area contributed by atoms with Crippen molar-refractivity contribution >= 4 is 17.1 Å². The van der Waals surface area contributed by atoms with Gasteiger partial charge in [0, 0.05) is 20.1 Å². The molecule has 0 saturated carbocycles. The van der Waals surface area contributed by atoms with E-state index >= 15 is 0 Å². The van der Waals surface area contributed by atoms with Gasteiger partial charge in [0.25, 0.3) is 0 Å². The van der Waals surface area contributed by atoms with Crippen LogP contribution >= 0.6 is 0 Å². The Bertz CT molecular complexity index is 830. The molecule has 1 radical (unpaired) electrons. The average Bonchev–Trinajstić information content (AvgIpc) is 2.90. The minimum absolute atomic E-state index is 0. The van der Waals surface area contributed by atoms with Crippen LogP contribution in [-0.4, -0.2) is 0 Å². The first-order chi connectivity index (χ1) is 14.8. The van der Waals surface area contributed by atoms with Gasteiger partial charge in [-0.1, -0.05) is 91.0 Å². The molecule has 0 aliphatic heterocycles. The molecule has 0 aromatic heterocycles. The Kier molecular flexibility index (Phi) is 32.7. The van der Waals surface area contributed by atoms with Gasteiger partial charge < -0.3 is 35.5 Å². The zero-order valence-electron chi connectivity index (χ0n) is 16.2. The average molecular weight is 580 g/mol. The zero-order valence-corrected chi connectivity index (χ0v) is 18.6. The number of hydrogen-bond donors (Lipinski definition) is 0. The molecule has 0 atom stereocenters. The first-order valence-corrected chi connectivity index (χ1v) is 7.74. The molecule has 0 aliphatic carbocycles. The van der Waals surface area contributed by atoms with Crippen LogP contribution in [0.25, 0.3) is 14.5 Å². The molecule has 31 heavy (non-hydrogen) atoms. The van der Waals surface area contributed by atoms with Gasteiger partial charge in [0.1, 0.15) is 0 Å². The smallest absolute Gasteiger partial charge is 0.187 e. The Morgan fingerprint density at radius 3 is 0.645 bits per heavy atom.